The fraction of sp³-hybridized carbons (Fsp3) is 1.00. The van der Waals surface area contributed by atoms with Gasteiger partial charge in [-0.25, -0.2) is 0 Å². The Hall–Kier alpha value is 0. The van der Waals surface area contributed by atoms with E-state index >= 15 is 0 Å². The van der Waals surface area contributed by atoms with Crippen molar-refractivity contribution in [3.8, 4) is 0 Å². The second-order valence-corrected chi connectivity index (χ2v) is 8.57. The SMILES string of the molecule is CCCCCCC[C@@H]1CCC[C@@H](C2CCC(CCC)CC2)C1. The van der Waals surface area contributed by atoms with Gasteiger partial charge in [-0.15, -0.1) is 0 Å². The molecule has 0 saturated heterocycles. The fourth-order valence-electron chi connectivity index (χ4n) is 5.42. The van der Waals surface area contributed by atoms with E-state index in [4.69, 9.17) is 0 Å². The molecular formula is C22H42. The molecule has 0 N–H and O–H groups in total. The van der Waals surface area contributed by atoms with Crippen LogP contribution in [-0.4, -0.2) is 0 Å². The van der Waals surface area contributed by atoms with Crippen molar-refractivity contribution < 1.29 is 0 Å². The van der Waals surface area contributed by atoms with Crippen LogP contribution in [0.15, 0.2) is 0 Å². The molecule has 0 bridgehead atoms. The summed E-state index contributed by atoms with van der Waals surface area (Å²) in [7, 11) is 0. The largest absolute Gasteiger partial charge is 0.0654 e. The molecule has 2 fully saturated rings. The highest BCUT2D eigenvalue weighted by molar-refractivity contribution is 4.82. The quantitative estimate of drug-likeness (QED) is 0.382. The lowest BCUT2D eigenvalue weighted by Gasteiger charge is -2.38. The molecule has 2 rings (SSSR count). The van der Waals surface area contributed by atoms with E-state index in [2.05, 4.69) is 13.8 Å². The van der Waals surface area contributed by atoms with Gasteiger partial charge in [0.15, 0.2) is 0 Å². The summed E-state index contributed by atoms with van der Waals surface area (Å²) in [5.41, 5.74) is 0. The van der Waals surface area contributed by atoms with Crippen LogP contribution in [0.2, 0.25) is 0 Å². The second-order valence-electron chi connectivity index (χ2n) is 8.57. The first-order valence-electron chi connectivity index (χ1n) is 10.8. The highest BCUT2D eigenvalue weighted by Crippen LogP contribution is 2.43. The molecule has 0 heteroatoms. The van der Waals surface area contributed by atoms with Gasteiger partial charge < -0.3 is 0 Å². The summed E-state index contributed by atoms with van der Waals surface area (Å²) in [4.78, 5) is 0. The van der Waals surface area contributed by atoms with Gasteiger partial charge in [0.1, 0.15) is 0 Å². The Morgan fingerprint density at radius 1 is 0.591 bits per heavy atom. The summed E-state index contributed by atoms with van der Waals surface area (Å²) >= 11 is 0. The standard InChI is InChI=1S/C22H42/c1-3-5-6-7-8-11-20-12-9-13-22(18-20)21-16-14-19(10-4-2)15-17-21/h19-22H,3-18H2,1-2H3/t19?,20-,21?,22-/m1/s1. The van der Waals surface area contributed by atoms with Gasteiger partial charge in [-0.2, -0.15) is 0 Å². The molecule has 0 heterocycles. The molecule has 22 heavy (non-hydrogen) atoms. The zero-order valence-electron chi connectivity index (χ0n) is 15.6. The number of hydrogen-bond donors (Lipinski definition) is 0. The molecule has 2 saturated carbocycles. The van der Waals surface area contributed by atoms with Crippen LogP contribution >= 0.6 is 0 Å². The Balaban J connectivity index is 1.63. The van der Waals surface area contributed by atoms with Crippen molar-refractivity contribution in [2.45, 2.75) is 117 Å². The zero-order chi connectivity index (χ0) is 15.6. The third-order valence-electron chi connectivity index (χ3n) is 6.79. The Kier molecular flexibility index (Phi) is 8.93. The van der Waals surface area contributed by atoms with Crippen LogP contribution < -0.4 is 0 Å². The lowest BCUT2D eigenvalue weighted by molar-refractivity contribution is 0.133. The van der Waals surface area contributed by atoms with E-state index in [1.54, 1.807) is 57.8 Å². The van der Waals surface area contributed by atoms with E-state index in [1.165, 1.54) is 44.9 Å². The average Bonchev–Trinajstić information content (AvgIpc) is 2.56. The minimum atomic E-state index is 1.08. The molecule has 0 spiro atoms. The van der Waals surface area contributed by atoms with Gasteiger partial charge in [-0.1, -0.05) is 97.3 Å². The molecule has 0 radical (unpaired) electrons. The lowest BCUT2D eigenvalue weighted by Crippen LogP contribution is -2.26. The molecule has 2 aliphatic rings. The molecule has 0 unspecified atom stereocenters. The topological polar surface area (TPSA) is 0 Å². The van der Waals surface area contributed by atoms with Gasteiger partial charge >= 0.3 is 0 Å². The summed E-state index contributed by atoms with van der Waals surface area (Å²) in [6.45, 7) is 4.68. The van der Waals surface area contributed by atoms with Crippen molar-refractivity contribution in [3.05, 3.63) is 0 Å². The first-order chi connectivity index (χ1) is 10.8. The molecular weight excluding hydrogens is 264 g/mol. The van der Waals surface area contributed by atoms with Crippen LogP contribution in [0.1, 0.15) is 117 Å². The van der Waals surface area contributed by atoms with Gasteiger partial charge in [0, 0.05) is 0 Å². The summed E-state index contributed by atoms with van der Waals surface area (Å²) in [5.74, 6) is 4.39. The molecule has 0 aromatic heterocycles. The van der Waals surface area contributed by atoms with Crippen molar-refractivity contribution in [1.82, 2.24) is 0 Å². The summed E-state index contributed by atoms with van der Waals surface area (Å²) in [6.07, 6.45) is 24.3. The molecule has 0 aromatic rings. The molecule has 0 amide bonds. The van der Waals surface area contributed by atoms with E-state index in [9.17, 15) is 0 Å². The van der Waals surface area contributed by atoms with Gasteiger partial charge in [0.05, 0.1) is 0 Å². The van der Waals surface area contributed by atoms with Crippen molar-refractivity contribution in [2.24, 2.45) is 23.7 Å². The molecule has 0 nitrogen and oxygen atoms in total. The second kappa shape index (κ2) is 10.7. The van der Waals surface area contributed by atoms with Crippen LogP contribution in [0.25, 0.3) is 0 Å². The third-order valence-corrected chi connectivity index (χ3v) is 6.79. The minimum absolute atomic E-state index is 1.08. The van der Waals surface area contributed by atoms with Crippen molar-refractivity contribution in [1.29, 1.82) is 0 Å². The third kappa shape index (κ3) is 6.25. The van der Waals surface area contributed by atoms with Crippen LogP contribution in [0.5, 0.6) is 0 Å². The number of unbranched alkanes of at least 4 members (excludes halogenated alkanes) is 4. The van der Waals surface area contributed by atoms with E-state index in [0.29, 0.717) is 0 Å². The van der Waals surface area contributed by atoms with Crippen molar-refractivity contribution in [3.63, 3.8) is 0 Å². The monoisotopic (exact) mass is 306 g/mol. The molecule has 0 aliphatic heterocycles. The highest BCUT2D eigenvalue weighted by atomic mass is 14.4. The number of rotatable bonds is 9. The number of hydrogen-bond acceptors (Lipinski definition) is 0. The first kappa shape index (κ1) is 18.3. The predicted octanol–water partition coefficient (Wildman–Crippen LogP) is 7.76. The smallest absolute Gasteiger partial charge is 0.0383 e. The maximum atomic E-state index is 2.36. The lowest BCUT2D eigenvalue weighted by atomic mass is 9.67. The summed E-state index contributed by atoms with van der Waals surface area (Å²) in [6, 6.07) is 0. The first-order valence-corrected chi connectivity index (χ1v) is 10.8. The predicted molar refractivity (Wildman–Crippen MR) is 99.2 cm³/mol. The maximum absolute atomic E-state index is 2.36. The molecule has 2 aliphatic carbocycles. The van der Waals surface area contributed by atoms with Gasteiger partial charge in [0.2, 0.25) is 0 Å². The van der Waals surface area contributed by atoms with Crippen molar-refractivity contribution in [2.75, 3.05) is 0 Å². The minimum Gasteiger partial charge on any atom is -0.0654 e. The van der Waals surface area contributed by atoms with Crippen LogP contribution in [0.3, 0.4) is 0 Å². The van der Waals surface area contributed by atoms with Gasteiger partial charge in [0.25, 0.3) is 0 Å². The van der Waals surface area contributed by atoms with Gasteiger partial charge in [-0.05, 0) is 42.9 Å². The molecule has 130 valence electrons. The van der Waals surface area contributed by atoms with E-state index < -0.39 is 0 Å². The fourth-order valence-corrected chi connectivity index (χ4v) is 5.42. The van der Waals surface area contributed by atoms with E-state index in [-0.39, 0.29) is 0 Å². The normalized spacial score (nSPS) is 33.0. The van der Waals surface area contributed by atoms with Crippen molar-refractivity contribution >= 4 is 0 Å². The van der Waals surface area contributed by atoms with Crippen LogP contribution in [0, 0.1) is 23.7 Å². The Bertz CT molecular complexity index is 261. The Morgan fingerprint density at radius 3 is 2.09 bits per heavy atom. The summed E-state index contributed by atoms with van der Waals surface area (Å²) < 4.78 is 0. The Morgan fingerprint density at radius 2 is 1.36 bits per heavy atom. The van der Waals surface area contributed by atoms with E-state index in [1.807, 2.05) is 0 Å². The van der Waals surface area contributed by atoms with Crippen LogP contribution in [-0.2, 0) is 0 Å². The maximum Gasteiger partial charge on any atom is -0.0383 e. The average molecular weight is 307 g/mol. The zero-order valence-corrected chi connectivity index (χ0v) is 15.6. The van der Waals surface area contributed by atoms with Crippen LogP contribution in [0.4, 0.5) is 0 Å². The Labute approximate surface area is 140 Å². The van der Waals surface area contributed by atoms with E-state index in [0.717, 1.165) is 23.7 Å². The van der Waals surface area contributed by atoms with Gasteiger partial charge in [-0.3, -0.25) is 0 Å². The highest BCUT2D eigenvalue weighted by Gasteiger charge is 2.31. The summed E-state index contributed by atoms with van der Waals surface area (Å²) in [5, 5.41) is 0. The molecule has 0 aromatic carbocycles. The molecule has 2 atom stereocenters.